The van der Waals surface area contributed by atoms with Gasteiger partial charge < -0.3 is 14.6 Å². The molecule has 0 rings (SSSR count). The Labute approximate surface area is 115 Å². The van der Waals surface area contributed by atoms with Gasteiger partial charge in [0, 0.05) is 7.11 Å². The monoisotopic (exact) mass is 291 g/mol. The minimum Gasteiger partial charge on any atom is -0.481 e. The van der Waals surface area contributed by atoms with Crippen molar-refractivity contribution in [3.8, 4) is 0 Å². The van der Waals surface area contributed by atoms with Crippen molar-refractivity contribution in [2.75, 3.05) is 20.2 Å². The molecule has 0 spiro atoms. The van der Waals surface area contributed by atoms with E-state index in [0.717, 1.165) is 12.5 Å². The predicted octanol–water partition coefficient (Wildman–Crippen LogP) is 1.48. The van der Waals surface area contributed by atoms with E-state index >= 15 is 0 Å². The molecular formula is C12H25NO5Si. The van der Waals surface area contributed by atoms with Crippen molar-refractivity contribution in [3.05, 3.63) is 0 Å². The van der Waals surface area contributed by atoms with Crippen LogP contribution in [0.2, 0.25) is 19.1 Å². The molecule has 7 heteroatoms. The fourth-order valence-electron chi connectivity index (χ4n) is 1.88. The minimum atomic E-state index is -1.64. The molecule has 1 atom stereocenters. The molecule has 6 nitrogen and oxygen atoms in total. The molecule has 0 bridgehead atoms. The third-order valence-corrected chi connectivity index (χ3v) is 5.94. The lowest BCUT2D eigenvalue weighted by Gasteiger charge is -2.28. The fraction of sp³-hybridized carbons (Fsp3) is 0.833. The van der Waals surface area contributed by atoms with Gasteiger partial charge in [0.1, 0.15) is 6.04 Å². The third-order valence-electron chi connectivity index (χ3n) is 3.28. The van der Waals surface area contributed by atoms with Crippen LogP contribution in [0.25, 0.3) is 0 Å². The molecule has 0 unspecified atom stereocenters. The molecule has 0 aromatic heterocycles. The van der Waals surface area contributed by atoms with Gasteiger partial charge in [0.25, 0.3) is 0 Å². The first-order chi connectivity index (χ1) is 8.73. The summed E-state index contributed by atoms with van der Waals surface area (Å²) >= 11 is 0. The van der Waals surface area contributed by atoms with Gasteiger partial charge in [0.2, 0.25) is 0 Å². The van der Waals surface area contributed by atoms with Gasteiger partial charge in [-0.15, -0.1) is 0 Å². The summed E-state index contributed by atoms with van der Waals surface area (Å²) in [7, 11) is 0.0614. The highest BCUT2D eigenvalue weighted by molar-refractivity contribution is 6.71. The molecular weight excluding hydrogens is 266 g/mol. The molecule has 0 saturated carbocycles. The molecule has 0 fully saturated rings. The van der Waals surface area contributed by atoms with E-state index in [0.29, 0.717) is 13.1 Å². The topological polar surface area (TPSA) is 87.1 Å². The van der Waals surface area contributed by atoms with Crippen LogP contribution in [0, 0.1) is 0 Å². The van der Waals surface area contributed by atoms with E-state index in [1.165, 1.54) is 0 Å². The van der Waals surface area contributed by atoms with Crippen LogP contribution in [0.5, 0.6) is 0 Å². The molecule has 0 amide bonds. The van der Waals surface area contributed by atoms with Crippen LogP contribution < -0.4 is 0 Å². The van der Waals surface area contributed by atoms with Crippen molar-refractivity contribution in [1.82, 2.24) is 4.90 Å². The maximum Gasteiger partial charge on any atom is 0.321 e. The molecule has 0 aliphatic rings. The number of likely N-dealkylation sites (N-methyl/N-ethyl adjacent to an activating group) is 1. The maximum atomic E-state index is 11.1. The van der Waals surface area contributed by atoms with Crippen LogP contribution in [-0.4, -0.2) is 61.6 Å². The molecule has 0 aliphatic heterocycles. The molecule has 2 N–H and O–H groups in total. The summed E-state index contributed by atoms with van der Waals surface area (Å²) in [5, 5.41) is 17.9. The zero-order valence-electron chi connectivity index (χ0n) is 12.2. The Morgan fingerprint density at radius 1 is 1.32 bits per heavy atom. The van der Waals surface area contributed by atoms with Crippen molar-refractivity contribution < 1.29 is 24.2 Å². The first-order valence-corrected chi connectivity index (χ1v) is 9.58. The van der Waals surface area contributed by atoms with Crippen LogP contribution in [0.15, 0.2) is 0 Å². The second kappa shape index (κ2) is 8.29. The maximum absolute atomic E-state index is 11.1. The molecule has 0 saturated heterocycles. The summed E-state index contributed by atoms with van der Waals surface area (Å²) in [5.41, 5.74) is 0. The zero-order chi connectivity index (χ0) is 15.1. The summed E-state index contributed by atoms with van der Waals surface area (Å²) in [5.74, 6) is -2.16. The Hall–Kier alpha value is -0.923. The lowest BCUT2D eigenvalue weighted by atomic mass is 10.1. The molecule has 112 valence electrons. The van der Waals surface area contributed by atoms with Crippen LogP contribution in [0.3, 0.4) is 0 Å². The van der Waals surface area contributed by atoms with Gasteiger partial charge in [-0.1, -0.05) is 6.92 Å². The highest BCUT2D eigenvalue weighted by Crippen LogP contribution is 2.14. The number of carboxylic acid groups (broad SMARTS) is 2. The van der Waals surface area contributed by atoms with E-state index in [4.69, 9.17) is 14.6 Å². The van der Waals surface area contributed by atoms with E-state index in [2.05, 4.69) is 13.1 Å². The van der Waals surface area contributed by atoms with E-state index < -0.39 is 26.3 Å². The van der Waals surface area contributed by atoms with E-state index in [-0.39, 0.29) is 6.42 Å². The highest BCUT2D eigenvalue weighted by atomic mass is 28.4. The Bertz CT molecular complexity index is 308. The van der Waals surface area contributed by atoms with Crippen LogP contribution in [0.1, 0.15) is 19.8 Å². The van der Waals surface area contributed by atoms with Crippen molar-refractivity contribution >= 4 is 20.3 Å². The second-order valence-electron chi connectivity index (χ2n) is 5.15. The largest absolute Gasteiger partial charge is 0.481 e. The Morgan fingerprint density at radius 3 is 2.26 bits per heavy atom. The lowest BCUT2D eigenvalue weighted by molar-refractivity contribution is -0.149. The predicted molar refractivity (Wildman–Crippen MR) is 74.8 cm³/mol. The highest BCUT2D eigenvalue weighted by Gasteiger charge is 2.28. The van der Waals surface area contributed by atoms with E-state index in [1.807, 2.05) is 6.92 Å². The molecule has 19 heavy (non-hydrogen) atoms. The Balaban J connectivity index is 4.45. The average Bonchev–Trinajstić information content (AvgIpc) is 2.31. The molecule has 0 aromatic carbocycles. The summed E-state index contributed by atoms with van der Waals surface area (Å²) < 4.78 is 5.44. The zero-order valence-corrected chi connectivity index (χ0v) is 13.2. The normalized spacial score (nSPS) is 13.5. The smallest absolute Gasteiger partial charge is 0.321 e. The first-order valence-electron chi connectivity index (χ1n) is 6.47. The summed E-state index contributed by atoms with van der Waals surface area (Å²) in [6.45, 7) is 7.17. The van der Waals surface area contributed by atoms with Gasteiger partial charge in [-0.3, -0.25) is 14.5 Å². The molecule has 0 radical (unpaired) electrons. The quantitative estimate of drug-likeness (QED) is 0.593. The average molecular weight is 291 g/mol. The minimum absolute atomic E-state index is 0.367. The number of hydrogen-bond acceptors (Lipinski definition) is 4. The second-order valence-corrected chi connectivity index (χ2v) is 9.58. The van der Waals surface area contributed by atoms with Crippen molar-refractivity contribution in [2.24, 2.45) is 0 Å². The van der Waals surface area contributed by atoms with Gasteiger partial charge in [-0.25, -0.2) is 0 Å². The number of carboxylic acids is 2. The first kappa shape index (κ1) is 18.1. The lowest BCUT2D eigenvalue weighted by Crippen LogP contribution is -2.43. The van der Waals surface area contributed by atoms with E-state index in [1.54, 1.807) is 12.0 Å². The number of rotatable bonds is 10. The number of aliphatic carboxylic acids is 2. The van der Waals surface area contributed by atoms with Gasteiger partial charge in [-0.2, -0.15) is 0 Å². The standard InChI is InChI=1S/C12H25NO5Si/c1-5-13(7-6-8-19(3,4)18-2)10(12(16)17)9-11(14)15/h10H,5-9H2,1-4H3,(H,14,15)(H,16,17)/t10-/m0/s1. The fourth-order valence-corrected chi connectivity index (χ4v) is 3.10. The molecule has 0 aromatic rings. The summed E-state index contributed by atoms with van der Waals surface area (Å²) in [4.78, 5) is 23.5. The van der Waals surface area contributed by atoms with Crippen LogP contribution >= 0.6 is 0 Å². The molecule has 0 heterocycles. The van der Waals surface area contributed by atoms with E-state index in [9.17, 15) is 9.59 Å². The van der Waals surface area contributed by atoms with Gasteiger partial charge in [0.15, 0.2) is 8.32 Å². The SMILES string of the molecule is CCN(CCC[Si](C)(C)OC)[C@@H](CC(=O)O)C(=O)O. The Kier molecular flexibility index (Phi) is 7.89. The summed E-state index contributed by atoms with van der Waals surface area (Å²) in [6.07, 6.45) is 0.457. The van der Waals surface area contributed by atoms with Crippen molar-refractivity contribution in [3.63, 3.8) is 0 Å². The summed E-state index contributed by atoms with van der Waals surface area (Å²) in [6, 6.07) is -0.0193. The van der Waals surface area contributed by atoms with Gasteiger partial charge >= 0.3 is 11.9 Å². The molecule has 0 aliphatic carbocycles. The number of hydrogen-bond donors (Lipinski definition) is 2. The van der Waals surface area contributed by atoms with Crippen molar-refractivity contribution in [2.45, 2.75) is 44.9 Å². The van der Waals surface area contributed by atoms with Crippen LogP contribution in [-0.2, 0) is 14.0 Å². The van der Waals surface area contributed by atoms with Gasteiger partial charge in [-0.05, 0) is 38.6 Å². The third kappa shape index (κ3) is 7.29. The van der Waals surface area contributed by atoms with Gasteiger partial charge in [0.05, 0.1) is 6.42 Å². The number of nitrogens with zero attached hydrogens (tertiary/aromatic N) is 1. The number of carbonyl (C=O) groups is 2. The van der Waals surface area contributed by atoms with Crippen molar-refractivity contribution in [1.29, 1.82) is 0 Å². The van der Waals surface area contributed by atoms with Crippen LogP contribution in [0.4, 0.5) is 0 Å². The Morgan fingerprint density at radius 2 is 1.89 bits per heavy atom.